The summed E-state index contributed by atoms with van der Waals surface area (Å²) in [6.07, 6.45) is 2.98. The molecule has 1 atom stereocenters. The molecule has 0 aliphatic carbocycles. The van der Waals surface area contributed by atoms with E-state index in [1.54, 1.807) is 0 Å². The van der Waals surface area contributed by atoms with Gasteiger partial charge >= 0.3 is 6.09 Å². The van der Waals surface area contributed by atoms with Crippen LogP contribution in [0.1, 0.15) is 65.0 Å². The van der Waals surface area contributed by atoms with Gasteiger partial charge in [-0.3, -0.25) is 0 Å². The topological polar surface area (TPSA) is 34.5 Å². The molecular weight excluding hydrogens is 324 g/mol. The highest BCUT2D eigenvalue weighted by atomic mass is 16.6. The summed E-state index contributed by atoms with van der Waals surface area (Å²) in [7, 11) is 0. The van der Waals surface area contributed by atoms with Gasteiger partial charge in [0.05, 0.1) is 5.52 Å². The van der Waals surface area contributed by atoms with Gasteiger partial charge in [-0.1, -0.05) is 12.1 Å². The van der Waals surface area contributed by atoms with Crippen LogP contribution in [0, 0.1) is 6.92 Å². The number of nitrogens with zero attached hydrogens (tertiary/aromatic N) is 2. The van der Waals surface area contributed by atoms with Crippen LogP contribution in [-0.4, -0.2) is 34.3 Å². The smallest absolute Gasteiger partial charge is 0.410 e. The number of likely N-dealkylation sites (tertiary alicyclic amines) is 1. The van der Waals surface area contributed by atoms with E-state index in [9.17, 15) is 4.79 Å². The Balaban J connectivity index is 1.90. The summed E-state index contributed by atoms with van der Waals surface area (Å²) in [4.78, 5) is 14.2. The molecule has 0 saturated carbocycles. The molecular formula is C22H32N2O2. The Morgan fingerprint density at radius 1 is 1.12 bits per heavy atom. The number of amides is 1. The first-order chi connectivity index (χ1) is 12.0. The highest BCUT2D eigenvalue weighted by Crippen LogP contribution is 2.36. The zero-order chi connectivity index (χ0) is 19.3. The van der Waals surface area contributed by atoms with Crippen LogP contribution in [0.5, 0.6) is 0 Å². The maximum Gasteiger partial charge on any atom is 0.410 e. The first-order valence-electron chi connectivity index (χ1n) is 9.56. The van der Waals surface area contributed by atoms with Gasteiger partial charge in [-0.05, 0) is 72.1 Å². The number of carbonyl (C=O) groups excluding carboxylic acids is 1. The van der Waals surface area contributed by atoms with Crippen LogP contribution in [0.15, 0.2) is 24.4 Å². The average Bonchev–Trinajstić information content (AvgIpc) is 3.12. The third-order valence-corrected chi connectivity index (χ3v) is 5.09. The van der Waals surface area contributed by atoms with Gasteiger partial charge in [0.2, 0.25) is 0 Å². The summed E-state index contributed by atoms with van der Waals surface area (Å²) < 4.78 is 7.91. The van der Waals surface area contributed by atoms with Crippen molar-refractivity contribution in [3.63, 3.8) is 0 Å². The molecule has 1 unspecified atom stereocenters. The predicted molar refractivity (Wildman–Crippen MR) is 107 cm³/mol. The van der Waals surface area contributed by atoms with E-state index < -0.39 is 5.60 Å². The normalized spacial score (nSPS) is 18.6. The molecule has 1 saturated heterocycles. The molecule has 1 aliphatic rings. The number of rotatable bonds is 1. The quantitative estimate of drug-likeness (QED) is 0.683. The van der Waals surface area contributed by atoms with Crippen LogP contribution in [0.25, 0.3) is 10.9 Å². The molecule has 0 radical (unpaired) electrons. The summed E-state index contributed by atoms with van der Waals surface area (Å²) in [6, 6.07) is 6.70. The summed E-state index contributed by atoms with van der Waals surface area (Å²) in [6.45, 7) is 16.1. The molecule has 1 aromatic heterocycles. The van der Waals surface area contributed by atoms with Crippen molar-refractivity contribution in [2.75, 3.05) is 13.1 Å². The van der Waals surface area contributed by atoms with Crippen molar-refractivity contribution in [3.05, 3.63) is 35.5 Å². The third kappa shape index (κ3) is 3.60. The molecule has 3 rings (SSSR count). The lowest BCUT2D eigenvalue weighted by Gasteiger charge is -2.25. The number of benzene rings is 1. The van der Waals surface area contributed by atoms with Crippen molar-refractivity contribution >= 4 is 17.0 Å². The van der Waals surface area contributed by atoms with Crippen molar-refractivity contribution in [2.45, 2.75) is 71.9 Å². The second-order valence-electron chi connectivity index (χ2n) is 9.50. The van der Waals surface area contributed by atoms with E-state index >= 15 is 0 Å². The first kappa shape index (κ1) is 18.8. The fourth-order valence-electron chi connectivity index (χ4n) is 3.87. The molecule has 0 N–H and O–H groups in total. The summed E-state index contributed by atoms with van der Waals surface area (Å²) in [5, 5.41) is 1.32. The number of fused-ring (bicyclic) bond motifs is 1. The van der Waals surface area contributed by atoms with Crippen LogP contribution < -0.4 is 0 Å². The number of aryl methyl sites for hydroxylation is 1. The van der Waals surface area contributed by atoms with Crippen LogP contribution >= 0.6 is 0 Å². The van der Waals surface area contributed by atoms with Gasteiger partial charge < -0.3 is 14.2 Å². The van der Waals surface area contributed by atoms with Gasteiger partial charge in [0.25, 0.3) is 0 Å². The van der Waals surface area contributed by atoms with E-state index in [2.05, 4.69) is 56.7 Å². The van der Waals surface area contributed by atoms with Crippen molar-refractivity contribution < 1.29 is 9.53 Å². The zero-order valence-electron chi connectivity index (χ0n) is 17.2. The molecule has 1 fully saturated rings. The van der Waals surface area contributed by atoms with Crippen molar-refractivity contribution in [1.29, 1.82) is 0 Å². The molecule has 4 heteroatoms. The second kappa shape index (κ2) is 6.33. The third-order valence-electron chi connectivity index (χ3n) is 5.09. The Bertz CT molecular complexity index is 821. The Labute approximate surface area is 157 Å². The van der Waals surface area contributed by atoms with Gasteiger partial charge in [-0.2, -0.15) is 0 Å². The van der Waals surface area contributed by atoms with E-state index in [4.69, 9.17) is 4.74 Å². The maximum absolute atomic E-state index is 12.4. The second-order valence-corrected chi connectivity index (χ2v) is 9.50. The number of aromatic nitrogens is 1. The largest absolute Gasteiger partial charge is 0.444 e. The number of hydrogen-bond donors (Lipinski definition) is 0. The standard InChI is InChI=1S/C22H32N2O2/c1-15-8-9-17(18-11-13-24(19(15)18)21(2,3)4)16-10-12-23(14-16)20(25)26-22(5,6)7/h8-9,11,13,16H,10,12,14H2,1-7H3. The lowest BCUT2D eigenvalue weighted by Crippen LogP contribution is -2.35. The van der Waals surface area contributed by atoms with Gasteiger partial charge in [0.15, 0.2) is 0 Å². The molecule has 2 heterocycles. The van der Waals surface area contributed by atoms with Gasteiger partial charge in [-0.25, -0.2) is 4.79 Å². The minimum atomic E-state index is -0.448. The monoisotopic (exact) mass is 356 g/mol. The van der Waals surface area contributed by atoms with Crippen LogP contribution in [0.2, 0.25) is 0 Å². The highest BCUT2D eigenvalue weighted by molar-refractivity contribution is 5.87. The molecule has 4 nitrogen and oxygen atoms in total. The Morgan fingerprint density at radius 2 is 1.81 bits per heavy atom. The first-order valence-corrected chi connectivity index (χ1v) is 9.56. The van der Waals surface area contributed by atoms with Crippen molar-refractivity contribution in [3.8, 4) is 0 Å². The van der Waals surface area contributed by atoms with E-state index in [-0.39, 0.29) is 11.6 Å². The average molecular weight is 357 g/mol. The molecule has 26 heavy (non-hydrogen) atoms. The zero-order valence-corrected chi connectivity index (χ0v) is 17.2. The summed E-state index contributed by atoms with van der Waals surface area (Å²) in [5.41, 5.74) is 3.55. The number of carbonyl (C=O) groups is 1. The van der Waals surface area contributed by atoms with Gasteiger partial charge in [0.1, 0.15) is 5.60 Å². The molecule has 0 spiro atoms. The maximum atomic E-state index is 12.4. The molecule has 1 amide bonds. The molecule has 1 aromatic carbocycles. The Morgan fingerprint density at radius 3 is 2.42 bits per heavy atom. The van der Waals surface area contributed by atoms with Gasteiger partial charge in [-0.15, -0.1) is 0 Å². The van der Waals surface area contributed by atoms with Crippen LogP contribution in [0.3, 0.4) is 0 Å². The van der Waals surface area contributed by atoms with Crippen LogP contribution in [0.4, 0.5) is 4.79 Å². The fourth-order valence-corrected chi connectivity index (χ4v) is 3.87. The highest BCUT2D eigenvalue weighted by Gasteiger charge is 2.32. The Hall–Kier alpha value is -1.97. The number of ether oxygens (including phenoxy) is 1. The van der Waals surface area contributed by atoms with Crippen LogP contribution in [-0.2, 0) is 10.3 Å². The summed E-state index contributed by atoms with van der Waals surface area (Å²) >= 11 is 0. The van der Waals surface area contributed by atoms with Gasteiger partial charge in [0, 0.05) is 36.1 Å². The lowest BCUT2D eigenvalue weighted by molar-refractivity contribution is 0.0292. The van der Waals surface area contributed by atoms with E-state index in [0.717, 1.165) is 19.5 Å². The fraction of sp³-hybridized carbons (Fsp3) is 0.591. The molecule has 142 valence electrons. The molecule has 0 bridgehead atoms. The van der Waals surface area contributed by atoms with Crippen molar-refractivity contribution in [2.24, 2.45) is 0 Å². The SMILES string of the molecule is Cc1ccc(C2CCN(C(=O)OC(C)(C)C)C2)c2ccn(C(C)(C)C)c12. The molecule has 1 aliphatic heterocycles. The van der Waals surface area contributed by atoms with E-state index in [0.29, 0.717) is 5.92 Å². The van der Waals surface area contributed by atoms with Crippen molar-refractivity contribution in [1.82, 2.24) is 9.47 Å². The Kier molecular flexibility index (Phi) is 4.58. The van der Waals surface area contributed by atoms with E-state index in [1.165, 1.54) is 22.0 Å². The predicted octanol–water partition coefficient (Wildman–Crippen LogP) is 5.43. The lowest BCUT2D eigenvalue weighted by atomic mass is 9.93. The van der Waals surface area contributed by atoms with E-state index in [1.807, 2.05) is 25.7 Å². The number of hydrogen-bond acceptors (Lipinski definition) is 2. The minimum Gasteiger partial charge on any atom is -0.444 e. The molecule has 2 aromatic rings. The summed E-state index contributed by atoms with van der Waals surface area (Å²) in [5.74, 6) is 0.362. The minimum absolute atomic E-state index is 0.0450.